The van der Waals surface area contributed by atoms with Crippen LogP contribution in [0.5, 0.6) is 0 Å². The van der Waals surface area contributed by atoms with Gasteiger partial charge in [-0.15, -0.1) is 12.4 Å². The van der Waals surface area contributed by atoms with Gasteiger partial charge in [-0.2, -0.15) is 0 Å². The van der Waals surface area contributed by atoms with Gasteiger partial charge in [0.2, 0.25) is 0 Å². The first-order chi connectivity index (χ1) is 14.6. The molecule has 7 heteroatoms. The second-order valence-corrected chi connectivity index (χ2v) is 8.17. The molecule has 2 aromatic rings. The van der Waals surface area contributed by atoms with Crippen molar-refractivity contribution >= 4 is 24.3 Å². The minimum Gasteiger partial charge on any atom is -0.442 e. The second-order valence-electron chi connectivity index (χ2n) is 8.17. The van der Waals surface area contributed by atoms with E-state index in [2.05, 4.69) is 22.3 Å². The fourth-order valence-corrected chi connectivity index (χ4v) is 4.62. The van der Waals surface area contributed by atoms with E-state index in [0.29, 0.717) is 18.5 Å². The zero-order valence-corrected chi connectivity index (χ0v) is 18.2. The molecule has 4 rings (SSSR count). The molecule has 0 aliphatic carbocycles. The van der Waals surface area contributed by atoms with Crippen LogP contribution in [0.1, 0.15) is 47.5 Å². The van der Waals surface area contributed by atoms with Gasteiger partial charge in [-0.1, -0.05) is 30.3 Å². The molecule has 166 valence electrons. The van der Waals surface area contributed by atoms with E-state index in [0.717, 1.165) is 38.9 Å². The summed E-state index contributed by atoms with van der Waals surface area (Å²) in [6, 6.07) is 16.0. The van der Waals surface area contributed by atoms with Gasteiger partial charge in [-0.3, -0.25) is 4.79 Å². The van der Waals surface area contributed by atoms with Crippen LogP contribution in [0.15, 0.2) is 54.6 Å². The van der Waals surface area contributed by atoms with Gasteiger partial charge >= 0.3 is 6.09 Å². The number of piperidine rings is 1. The van der Waals surface area contributed by atoms with E-state index in [1.807, 2.05) is 18.2 Å². The number of ether oxygens (including phenoxy) is 1. The molecule has 1 spiro atoms. The highest BCUT2D eigenvalue weighted by molar-refractivity contribution is 5.95. The lowest BCUT2D eigenvalue weighted by Crippen LogP contribution is -2.57. The van der Waals surface area contributed by atoms with Crippen LogP contribution in [0.2, 0.25) is 0 Å². The van der Waals surface area contributed by atoms with E-state index < -0.39 is 5.60 Å². The van der Waals surface area contributed by atoms with Crippen LogP contribution in [-0.2, 0) is 4.74 Å². The van der Waals surface area contributed by atoms with E-state index in [4.69, 9.17) is 4.74 Å². The molecule has 2 heterocycles. The van der Waals surface area contributed by atoms with Crippen LogP contribution < -0.4 is 5.32 Å². The first-order valence-corrected chi connectivity index (χ1v) is 10.6. The number of Topliss-reactive ketones (excluding diaryl/α,β-unsaturated/α-hetero) is 1. The number of hydrogen-bond acceptors (Lipinski definition) is 4. The Morgan fingerprint density at radius 3 is 2.45 bits per heavy atom. The summed E-state index contributed by atoms with van der Waals surface area (Å²) < 4.78 is 18.9. The van der Waals surface area contributed by atoms with Gasteiger partial charge in [0.15, 0.2) is 5.78 Å². The summed E-state index contributed by atoms with van der Waals surface area (Å²) in [4.78, 5) is 26.6. The maximum atomic E-state index is 13.0. The molecule has 0 aromatic heterocycles. The number of amides is 1. The average molecular weight is 447 g/mol. The summed E-state index contributed by atoms with van der Waals surface area (Å²) in [5.74, 6) is -0.153. The summed E-state index contributed by atoms with van der Waals surface area (Å²) in [7, 11) is 0. The summed E-state index contributed by atoms with van der Waals surface area (Å²) in [6.45, 7) is 3.09. The Hall–Kier alpha value is -2.44. The molecular weight excluding hydrogens is 419 g/mol. The van der Waals surface area contributed by atoms with Gasteiger partial charge in [0.05, 0.1) is 0 Å². The molecule has 1 amide bonds. The van der Waals surface area contributed by atoms with E-state index in [1.165, 1.54) is 29.8 Å². The highest BCUT2D eigenvalue weighted by Gasteiger charge is 2.48. The van der Waals surface area contributed by atoms with Crippen LogP contribution in [0, 0.1) is 5.82 Å². The van der Waals surface area contributed by atoms with Crippen LogP contribution in [0.3, 0.4) is 0 Å². The number of rotatable bonds is 6. The maximum absolute atomic E-state index is 13.0. The highest BCUT2D eigenvalue weighted by atomic mass is 35.5. The van der Waals surface area contributed by atoms with Gasteiger partial charge in [-0.25, -0.2) is 9.18 Å². The Morgan fingerprint density at radius 2 is 1.77 bits per heavy atom. The number of likely N-dealkylation sites (tertiary alicyclic amines) is 1. The number of carbonyl (C=O) groups is 2. The molecule has 1 atom stereocenters. The smallest absolute Gasteiger partial charge is 0.407 e. The molecule has 2 aromatic carbocycles. The maximum Gasteiger partial charge on any atom is 0.407 e. The van der Waals surface area contributed by atoms with Crippen LogP contribution in [-0.4, -0.2) is 48.6 Å². The topological polar surface area (TPSA) is 58.6 Å². The lowest BCUT2D eigenvalue weighted by Gasteiger charge is -2.48. The van der Waals surface area contributed by atoms with E-state index >= 15 is 0 Å². The quantitative estimate of drug-likeness (QED) is 0.660. The van der Waals surface area contributed by atoms with Crippen molar-refractivity contribution in [1.29, 1.82) is 0 Å². The number of nitrogens with zero attached hydrogens (tertiary/aromatic N) is 1. The van der Waals surface area contributed by atoms with Gasteiger partial charge in [-0.05, 0) is 42.8 Å². The average Bonchev–Trinajstić information content (AvgIpc) is 2.76. The highest BCUT2D eigenvalue weighted by Crippen LogP contribution is 2.41. The number of ketones is 1. The minimum absolute atomic E-state index is 0. The van der Waals surface area contributed by atoms with Crippen molar-refractivity contribution in [3.05, 3.63) is 71.5 Å². The second kappa shape index (κ2) is 10.2. The summed E-state index contributed by atoms with van der Waals surface area (Å²) in [6.07, 6.45) is 2.43. The normalized spacial score (nSPS) is 20.4. The molecule has 2 aliphatic heterocycles. The molecule has 0 radical (unpaired) electrons. The lowest BCUT2D eigenvalue weighted by atomic mass is 9.74. The third-order valence-corrected chi connectivity index (χ3v) is 6.33. The molecule has 2 fully saturated rings. The van der Waals surface area contributed by atoms with E-state index in [1.54, 1.807) is 0 Å². The Kier molecular flexibility index (Phi) is 7.68. The van der Waals surface area contributed by atoms with Crippen molar-refractivity contribution in [2.24, 2.45) is 0 Å². The molecule has 2 saturated heterocycles. The first-order valence-electron chi connectivity index (χ1n) is 10.6. The Bertz CT molecular complexity index is 883. The van der Waals surface area contributed by atoms with Crippen LogP contribution in [0.4, 0.5) is 9.18 Å². The summed E-state index contributed by atoms with van der Waals surface area (Å²) >= 11 is 0. The van der Waals surface area contributed by atoms with Crippen molar-refractivity contribution in [2.75, 3.05) is 26.2 Å². The molecule has 1 N–H and O–H groups in total. The number of benzene rings is 2. The fourth-order valence-electron chi connectivity index (χ4n) is 4.62. The summed E-state index contributed by atoms with van der Waals surface area (Å²) in [5, 5.41) is 2.84. The predicted octanol–water partition coefficient (Wildman–Crippen LogP) is 4.57. The van der Waals surface area contributed by atoms with Crippen LogP contribution in [0.25, 0.3) is 0 Å². The number of hydrogen-bond donors (Lipinski definition) is 1. The molecular formula is C24H28ClFN2O3. The van der Waals surface area contributed by atoms with Crippen LogP contribution >= 0.6 is 12.4 Å². The Morgan fingerprint density at radius 1 is 1.10 bits per heavy atom. The van der Waals surface area contributed by atoms with Gasteiger partial charge in [0.25, 0.3) is 0 Å². The largest absolute Gasteiger partial charge is 0.442 e. The zero-order chi connectivity index (χ0) is 21.0. The predicted molar refractivity (Wildman–Crippen MR) is 119 cm³/mol. The third-order valence-electron chi connectivity index (χ3n) is 6.33. The lowest BCUT2D eigenvalue weighted by molar-refractivity contribution is -0.0691. The van der Waals surface area contributed by atoms with Crippen molar-refractivity contribution in [3.8, 4) is 0 Å². The SMILES string of the molecule is Cl.O=C1NCC(c2ccccc2)C2(CCN(CCCC(=O)c3ccc(F)cc3)CC2)O1. The van der Waals surface area contributed by atoms with Crippen molar-refractivity contribution < 1.29 is 18.7 Å². The minimum atomic E-state index is -0.468. The number of nitrogens with one attached hydrogen (secondary N) is 1. The monoisotopic (exact) mass is 446 g/mol. The van der Waals surface area contributed by atoms with Gasteiger partial charge in [0, 0.05) is 50.4 Å². The molecule has 0 bridgehead atoms. The first kappa shape index (κ1) is 23.2. The van der Waals surface area contributed by atoms with E-state index in [9.17, 15) is 14.0 Å². The van der Waals surface area contributed by atoms with Crippen molar-refractivity contribution in [2.45, 2.75) is 37.2 Å². The Labute approximate surface area is 188 Å². The van der Waals surface area contributed by atoms with Crippen molar-refractivity contribution in [1.82, 2.24) is 10.2 Å². The Balaban J connectivity index is 0.00000272. The molecule has 2 aliphatic rings. The standard InChI is InChI=1S/C24H27FN2O3.ClH/c25-20-10-8-19(9-11-20)22(28)7-4-14-27-15-12-24(13-16-27)21(17-26-23(29)30-24)18-5-2-1-3-6-18;/h1-3,5-6,8-11,21H,4,7,12-17H2,(H,26,29);1H. The van der Waals surface area contributed by atoms with Crippen molar-refractivity contribution in [3.63, 3.8) is 0 Å². The molecule has 0 saturated carbocycles. The van der Waals surface area contributed by atoms with Gasteiger partial charge < -0.3 is 15.0 Å². The number of carbonyl (C=O) groups excluding carboxylic acids is 2. The number of alkyl carbamates (subject to hydrolysis) is 1. The summed E-state index contributed by atoms with van der Waals surface area (Å²) in [5.41, 5.74) is 1.28. The number of halogens is 2. The molecule has 5 nitrogen and oxygen atoms in total. The molecule has 31 heavy (non-hydrogen) atoms. The van der Waals surface area contributed by atoms with Gasteiger partial charge in [0.1, 0.15) is 11.4 Å². The molecule has 1 unspecified atom stereocenters. The zero-order valence-electron chi connectivity index (χ0n) is 17.4. The van der Waals surface area contributed by atoms with E-state index in [-0.39, 0.29) is 36.0 Å². The third kappa shape index (κ3) is 5.43. The fraction of sp³-hybridized carbons (Fsp3) is 0.417.